The topological polar surface area (TPSA) is 30.2 Å². The second kappa shape index (κ2) is 9.12. The number of hydrogen-bond acceptors (Lipinski definition) is 2. The van der Waals surface area contributed by atoms with Gasteiger partial charge < -0.3 is 4.40 Å². The minimum Gasteiger partial charge on any atom is -0.308 e. The maximum absolute atomic E-state index is 5.32. The maximum atomic E-state index is 5.32. The molecule has 47 heavy (non-hydrogen) atoms. The predicted octanol–water partition coefficient (Wildman–Crippen LogP) is 11.6. The van der Waals surface area contributed by atoms with Crippen molar-refractivity contribution in [2.75, 3.05) is 0 Å². The standard InChI is InChI=1S/C44H25N3/c1-2-11-29-28(10-1)27(26-20-23-41-38(24-26)37-18-9-17-36-33-14-7-8-19-40(33)47(41)44(36)37)21-22-32(29)39-25-45-42-34-15-5-3-12-30(34)31-13-4-6-16-35(31)43(42)46-39/h1-25H. The quantitative estimate of drug-likeness (QED) is 0.186. The zero-order valence-electron chi connectivity index (χ0n) is 25.3. The summed E-state index contributed by atoms with van der Waals surface area (Å²) >= 11 is 0. The molecule has 0 N–H and O–H groups in total. The molecule has 0 aliphatic carbocycles. The first-order valence-electron chi connectivity index (χ1n) is 16.1. The Bertz CT molecular complexity index is 3040. The van der Waals surface area contributed by atoms with E-state index in [2.05, 4.69) is 150 Å². The summed E-state index contributed by atoms with van der Waals surface area (Å²) in [5.74, 6) is 0. The lowest BCUT2D eigenvalue weighted by Crippen LogP contribution is -1.93. The minimum atomic E-state index is 0.882. The molecule has 3 aromatic heterocycles. The summed E-state index contributed by atoms with van der Waals surface area (Å²) in [6, 6.07) is 52.6. The third kappa shape index (κ3) is 3.30. The average Bonchev–Trinajstić information content (AvgIpc) is 3.66. The molecular weight excluding hydrogens is 571 g/mol. The molecule has 0 radical (unpaired) electrons. The zero-order valence-corrected chi connectivity index (χ0v) is 25.3. The van der Waals surface area contributed by atoms with Crippen molar-refractivity contribution < 1.29 is 0 Å². The highest BCUT2D eigenvalue weighted by Gasteiger charge is 2.19. The first-order valence-corrected chi connectivity index (χ1v) is 16.1. The van der Waals surface area contributed by atoms with Gasteiger partial charge in [-0.3, -0.25) is 4.98 Å². The Kier molecular flexibility index (Phi) is 4.84. The van der Waals surface area contributed by atoms with Gasteiger partial charge in [0.1, 0.15) is 0 Å². The highest BCUT2D eigenvalue weighted by atomic mass is 14.9. The number of nitrogens with zero attached hydrogens (tertiary/aromatic N) is 3. The summed E-state index contributed by atoms with van der Waals surface area (Å²) in [5, 5.41) is 12.2. The van der Waals surface area contributed by atoms with Crippen LogP contribution < -0.4 is 0 Å². The largest absolute Gasteiger partial charge is 0.308 e. The average molecular weight is 596 g/mol. The smallest absolute Gasteiger partial charge is 0.0979 e. The van der Waals surface area contributed by atoms with Gasteiger partial charge in [-0.1, -0.05) is 127 Å². The van der Waals surface area contributed by atoms with Crippen molar-refractivity contribution in [3.63, 3.8) is 0 Å². The molecule has 3 heteroatoms. The molecule has 3 nitrogen and oxygen atoms in total. The van der Waals surface area contributed by atoms with Gasteiger partial charge in [-0.2, -0.15) is 0 Å². The van der Waals surface area contributed by atoms with E-state index in [-0.39, 0.29) is 0 Å². The molecule has 0 atom stereocenters. The molecule has 0 spiro atoms. The van der Waals surface area contributed by atoms with Gasteiger partial charge in [-0.05, 0) is 50.9 Å². The van der Waals surface area contributed by atoms with Crippen LogP contribution in [0.1, 0.15) is 0 Å². The lowest BCUT2D eigenvalue weighted by atomic mass is 9.93. The first-order chi connectivity index (χ1) is 23.3. The van der Waals surface area contributed by atoms with Crippen LogP contribution in [0.5, 0.6) is 0 Å². The second-order valence-corrected chi connectivity index (χ2v) is 12.5. The second-order valence-electron chi connectivity index (χ2n) is 12.5. The van der Waals surface area contributed by atoms with Crippen molar-refractivity contribution in [2.45, 2.75) is 0 Å². The van der Waals surface area contributed by atoms with E-state index < -0.39 is 0 Å². The van der Waals surface area contributed by atoms with E-state index in [4.69, 9.17) is 9.97 Å². The van der Waals surface area contributed by atoms with Crippen LogP contribution >= 0.6 is 0 Å². The van der Waals surface area contributed by atoms with Crippen LogP contribution in [-0.4, -0.2) is 14.4 Å². The van der Waals surface area contributed by atoms with Crippen LogP contribution in [0.2, 0.25) is 0 Å². The van der Waals surface area contributed by atoms with E-state index in [0.29, 0.717) is 0 Å². The highest BCUT2D eigenvalue weighted by molar-refractivity contribution is 6.25. The van der Waals surface area contributed by atoms with Gasteiger partial charge in [0.05, 0.1) is 39.5 Å². The summed E-state index contributed by atoms with van der Waals surface area (Å²) in [4.78, 5) is 10.4. The first kappa shape index (κ1) is 24.9. The van der Waals surface area contributed by atoms with Crippen LogP contribution in [0.4, 0.5) is 0 Å². The maximum Gasteiger partial charge on any atom is 0.0979 e. The fourth-order valence-corrected chi connectivity index (χ4v) is 8.13. The van der Waals surface area contributed by atoms with E-state index in [1.54, 1.807) is 0 Å². The fraction of sp³-hybridized carbons (Fsp3) is 0. The van der Waals surface area contributed by atoms with Gasteiger partial charge in [0.2, 0.25) is 0 Å². The highest BCUT2D eigenvalue weighted by Crippen LogP contribution is 2.42. The van der Waals surface area contributed by atoms with Gasteiger partial charge >= 0.3 is 0 Å². The molecule has 0 saturated heterocycles. The summed E-state index contributed by atoms with van der Waals surface area (Å²) < 4.78 is 2.44. The Morgan fingerprint density at radius 2 is 0.936 bits per heavy atom. The van der Waals surface area contributed by atoms with E-state index in [0.717, 1.165) is 33.1 Å². The molecule has 0 saturated carbocycles. The summed E-state index contributed by atoms with van der Waals surface area (Å²) in [6.07, 6.45) is 1.94. The molecule has 216 valence electrons. The van der Waals surface area contributed by atoms with E-state index >= 15 is 0 Å². The SMILES string of the molecule is c1ccc2c(-c3cnc4c5ccccc5c5ccccc5c4n3)ccc(-c3ccc4c(c3)c3cccc5c6ccccc6n4c53)c2c1. The Balaban J connectivity index is 1.13. The summed E-state index contributed by atoms with van der Waals surface area (Å²) in [5.41, 5.74) is 10.1. The molecule has 3 heterocycles. The van der Waals surface area contributed by atoms with Crippen LogP contribution in [0.3, 0.4) is 0 Å². The zero-order chi connectivity index (χ0) is 30.6. The van der Waals surface area contributed by atoms with Crippen molar-refractivity contribution in [3.8, 4) is 22.4 Å². The minimum absolute atomic E-state index is 0.882. The lowest BCUT2D eigenvalue weighted by molar-refractivity contribution is 1.31. The number of benzene rings is 8. The number of hydrogen-bond donors (Lipinski definition) is 0. The Morgan fingerprint density at radius 1 is 0.383 bits per heavy atom. The van der Waals surface area contributed by atoms with Gasteiger partial charge in [-0.15, -0.1) is 0 Å². The molecule has 0 aliphatic heterocycles. The number of fused-ring (bicyclic) bond motifs is 13. The van der Waals surface area contributed by atoms with Gasteiger partial charge in [-0.25, -0.2) is 4.98 Å². The Morgan fingerprint density at radius 3 is 1.70 bits per heavy atom. The van der Waals surface area contributed by atoms with E-state index in [1.807, 2.05) is 6.20 Å². The molecule has 8 aromatic carbocycles. The number of aromatic nitrogens is 3. The molecule has 0 fully saturated rings. The normalized spacial score (nSPS) is 12.3. The molecule has 0 bridgehead atoms. The summed E-state index contributed by atoms with van der Waals surface area (Å²) in [6.45, 7) is 0. The van der Waals surface area contributed by atoms with Crippen molar-refractivity contribution in [3.05, 3.63) is 152 Å². The lowest BCUT2D eigenvalue weighted by Gasteiger charge is -2.14. The van der Waals surface area contributed by atoms with Gasteiger partial charge in [0, 0.05) is 37.9 Å². The van der Waals surface area contributed by atoms with Crippen molar-refractivity contribution in [2.24, 2.45) is 0 Å². The van der Waals surface area contributed by atoms with Crippen LogP contribution in [0.25, 0.3) is 104 Å². The number of rotatable bonds is 2. The molecular formula is C44H25N3. The van der Waals surface area contributed by atoms with E-state index in [1.165, 1.54) is 70.8 Å². The molecule has 0 amide bonds. The van der Waals surface area contributed by atoms with Crippen molar-refractivity contribution in [1.29, 1.82) is 0 Å². The monoisotopic (exact) mass is 595 g/mol. The number of para-hydroxylation sites is 2. The fourth-order valence-electron chi connectivity index (χ4n) is 8.13. The van der Waals surface area contributed by atoms with Crippen LogP contribution in [0.15, 0.2) is 152 Å². The van der Waals surface area contributed by atoms with Gasteiger partial charge in [0.25, 0.3) is 0 Å². The van der Waals surface area contributed by atoms with E-state index in [9.17, 15) is 0 Å². The molecule has 0 aliphatic rings. The van der Waals surface area contributed by atoms with Gasteiger partial charge in [0.15, 0.2) is 0 Å². The molecule has 11 aromatic rings. The molecule has 11 rings (SSSR count). The Labute approximate surface area is 269 Å². The van der Waals surface area contributed by atoms with Crippen LogP contribution in [-0.2, 0) is 0 Å². The summed E-state index contributed by atoms with van der Waals surface area (Å²) in [7, 11) is 0. The van der Waals surface area contributed by atoms with Crippen molar-refractivity contribution >= 4 is 81.4 Å². The predicted molar refractivity (Wildman–Crippen MR) is 198 cm³/mol. The van der Waals surface area contributed by atoms with Crippen molar-refractivity contribution in [1.82, 2.24) is 14.4 Å². The Hall–Kier alpha value is -6.32. The third-order valence-electron chi connectivity index (χ3n) is 10.2. The molecule has 0 unspecified atom stereocenters. The third-order valence-corrected chi connectivity index (χ3v) is 10.2. The van der Waals surface area contributed by atoms with Crippen LogP contribution in [0, 0.1) is 0 Å².